The number of hydrogen-bond donors (Lipinski definition) is 1. The molecule has 0 atom stereocenters. The van der Waals surface area contributed by atoms with Gasteiger partial charge in [0, 0.05) is 5.69 Å². The fraction of sp³-hybridized carbons (Fsp3) is 0.222. The van der Waals surface area contributed by atoms with Crippen molar-refractivity contribution < 1.29 is 19.1 Å². The minimum absolute atomic E-state index is 0.265. The monoisotopic (exact) mass is 391 g/mol. The Morgan fingerprint density at radius 2 is 1.83 bits per heavy atom. The summed E-state index contributed by atoms with van der Waals surface area (Å²) in [6.45, 7) is 3.22. The van der Waals surface area contributed by atoms with Gasteiger partial charge < -0.3 is 14.8 Å². The molecule has 0 saturated carbocycles. The lowest BCUT2D eigenvalue weighted by Crippen LogP contribution is -2.24. The number of benzene rings is 2. The van der Waals surface area contributed by atoms with E-state index in [9.17, 15) is 9.59 Å². The molecule has 2 rings (SSSR count). The van der Waals surface area contributed by atoms with Crippen LogP contribution in [0.5, 0.6) is 5.75 Å². The van der Waals surface area contributed by atoms with E-state index in [-0.39, 0.29) is 13.2 Å². The highest BCUT2D eigenvalue weighted by Gasteiger charge is 2.10. The zero-order valence-corrected chi connectivity index (χ0v) is 15.1. The molecule has 0 bridgehead atoms. The van der Waals surface area contributed by atoms with E-state index in [4.69, 9.17) is 9.47 Å². The summed E-state index contributed by atoms with van der Waals surface area (Å²) in [5.74, 6) is -0.460. The second-order valence-electron chi connectivity index (χ2n) is 5.25. The first-order valence-electron chi connectivity index (χ1n) is 7.36. The smallest absolute Gasteiger partial charge is 0.344 e. The number of para-hydroxylation sites is 1. The first-order valence-corrected chi connectivity index (χ1v) is 8.15. The third-order valence-corrected chi connectivity index (χ3v) is 3.84. The lowest BCUT2D eigenvalue weighted by molar-refractivity contribution is -0.149. The van der Waals surface area contributed by atoms with Crippen LogP contribution in [0, 0.1) is 13.8 Å². The van der Waals surface area contributed by atoms with Crippen molar-refractivity contribution in [1.29, 1.82) is 0 Å². The normalized spacial score (nSPS) is 10.1. The Balaban J connectivity index is 1.76. The Bertz CT molecular complexity index is 746. The Kier molecular flexibility index (Phi) is 6.37. The van der Waals surface area contributed by atoms with Gasteiger partial charge in [-0.15, -0.1) is 0 Å². The summed E-state index contributed by atoms with van der Waals surface area (Å²) in [5, 5.41) is 2.69. The molecular weight excluding hydrogens is 374 g/mol. The van der Waals surface area contributed by atoms with Crippen molar-refractivity contribution in [1.82, 2.24) is 0 Å². The second kappa shape index (κ2) is 8.49. The van der Waals surface area contributed by atoms with E-state index < -0.39 is 11.9 Å². The maximum atomic E-state index is 11.8. The van der Waals surface area contributed by atoms with Gasteiger partial charge in [0.25, 0.3) is 5.91 Å². The minimum atomic E-state index is -0.609. The molecule has 0 aromatic heterocycles. The molecular formula is C18H18BrNO4. The molecule has 1 amide bonds. The molecule has 0 spiro atoms. The predicted octanol–water partition coefficient (Wildman–Crippen LogP) is 3.63. The molecule has 24 heavy (non-hydrogen) atoms. The molecule has 0 radical (unpaired) electrons. The summed E-state index contributed by atoms with van der Waals surface area (Å²) in [4.78, 5) is 23.5. The second-order valence-corrected chi connectivity index (χ2v) is 6.10. The fourth-order valence-electron chi connectivity index (χ4n) is 1.95. The van der Waals surface area contributed by atoms with Gasteiger partial charge in [-0.3, -0.25) is 4.79 Å². The Morgan fingerprint density at radius 3 is 2.54 bits per heavy atom. The van der Waals surface area contributed by atoms with Gasteiger partial charge in [-0.2, -0.15) is 0 Å². The minimum Gasteiger partial charge on any atom is -0.481 e. The molecule has 1 N–H and O–H groups in total. The quantitative estimate of drug-likeness (QED) is 0.763. The number of carbonyl (C=O) groups is 2. The number of ether oxygens (including phenoxy) is 2. The standard InChI is InChI=1S/C18H18BrNO4/c1-12-7-8-16(14(19)9-12)23-11-18(22)24-10-17(21)20-15-6-4-3-5-13(15)2/h3-9H,10-11H2,1-2H3,(H,20,21). The Morgan fingerprint density at radius 1 is 1.08 bits per heavy atom. The Labute approximate surface area is 149 Å². The molecule has 0 saturated heterocycles. The van der Waals surface area contributed by atoms with Gasteiger partial charge in [0.05, 0.1) is 4.47 Å². The van der Waals surface area contributed by atoms with Crippen LogP contribution in [0.1, 0.15) is 11.1 Å². The van der Waals surface area contributed by atoms with Gasteiger partial charge in [-0.1, -0.05) is 24.3 Å². The molecule has 0 fully saturated rings. The van der Waals surface area contributed by atoms with E-state index in [1.54, 1.807) is 12.1 Å². The number of rotatable bonds is 6. The van der Waals surface area contributed by atoms with Crippen molar-refractivity contribution in [3.05, 3.63) is 58.1 Å². The van der Waals surface area contributed by atoms with Crippen LogP contribution in [0.15, 0.2) is 46.9 Å². The fourth-order valence-corrected chi connectivity index (χ4v) is 2.55. The highest BCUT2D eigenvalue weighted by atomic mass is 79.9. The number of anilines is 1. The van der Waals surface area contributed by atoms with Crippen LogP contribution in [0.4, 0.5) is 5.69 Å². The van der Waals surface area contributed by atoms with E-state index in [0.717, 1.165) is 15.6 Å². The maximum Gasteiger partial charge on any atom is 0.344 e. The third-order valence-electron chi connectivity index (χ3n) is 3.22. The molecule has 6 heteroatoms. The van der Waals surface area contributed by atoms with Gasteiger partial charge in [0.2, 0.25) is 0 Å². The number of nitrogens with one attached hydrogen (secondary N) is 1. The summed E-state index contributed by atoms with van der Waals surface area (Å²) in [6, 6.07) is 12.9. The topological polar surface area (TPSA) is 64.6 Å². The van der Waals surface area contributed by atoms with Gasteiger partial charge in [0.15, 0.2) is 13.2 Å². The molecule has 0 unspecified atom stereocenters. The molecule has 0 heterocycles. The maximum absolute atomic E-state index is 11.8. The van der Waals surface area contributed by atoms with E-state index in [1.807, 2.05) is 44.2 Å². The largest absolute Gasteiger partial charge is 0.481 e. The van der Waals surface area contributed by atoms with E-state index in [2.05, 4.69) is 21.2 Å². The Hall–Kier alpha value is -2.34. The van der Waals surface area contributed by atoms with Crippen molar-refractivity contribution in [2.24, 2.45) is 0 Å². The molecule has 126 valence electrons. The van der Waals surface area contributed by atoms with Crippen LogP contribution in [-0.2, 0) is 14.3 Å². The van der Waals surface area contributed by atoms with Crippen LogP contribution in [0.3, 0.4) is 0 Å². The van der Waals surface area contributed by atoms with Crippen LogP contribution in [0.25, 0.3) is 0 Å². The lowest BCUT2D eigenvalue weighted by atomic mass is 10.2. The highest BCUT2D eigenvalue weighted by molar-refractivity contribution is 9.10. The predicted molar refractivity (Wildman–Crippen MR) is 95.1 cm³/mol. The van der Waals surface area contributed by atoms with Crippen LogP contribution < -0.4 is 10.1 Å². The van der Waals surface area contributed by atoms with E-state index in [1.165, 1.54) is 0 Å². The van der Waals surface area contributed by atoms with E-state index in [0.29, 0.717) is 11.4 Å². The molecule has 0 aliphatic heterocycles. The first-order chi connectivity index (χ1) is 11.5. The molecule has 5 nitrogen and oxygen atoms in total. The van der Waals surface area contributed by atoms with Gasteiger partial charge in [-0.25, -0.2) is 4.79 Å². The van der Waals surface area contributed by atoms with Crippen molar-refractivity contribution in [2.45, 2.75) is 13.8 Å². The van der Waals surface area contributed by atoms with Crippen molar-refractivity contribution in [3.8, 4) is 5.75 Å². The first kappa shape index (κ1) is 18.0. The summed E-state index contributed by atoms with van der Waals surface area (Å²) < 4.78 is 11.0. The number of halogens is 1. The van der Waals surface area contributed by atoms with Crippen LogP contribution in [0.2, 0.25) is 0 Å². The number of hydrogen-bond acceptors (Lipinski definition) is 4. The van der Waals surface area contributed by atoms with Crippen molar-refractivity contribution in [2.75, 3.05) is 18.5 Å². The zero-order valence-electron chi connectivity index (χ0n) is 13.5. The average Bonchev–Trinajstić information content (AvgIpc) is 2.54. The molecule has 0 aliphatic rings. The van der Waals surface area contributed by atoms with Crippen molar-refractivity contribution in [3.63, 3.8) is 0 Å². The summed E-state index contributed by atoms with van der Waals surface area (Å²) >= 11 is 3.36. The SMILES string of the molecule is Cc1ccc(OCC(=O)OCC(=O)Nc2ccccc2C)c(Br)c1. The summed E-state index contributed by atoms with van der Waals surface area (Å²) in [7, 11) is 0. The van der Waals surface area contributed by atoms with Gasteiger partial charge in [-0.05, 0) is 59.1 Å². The molecule has 2 aromatic carbocycles. The number of carbonyl (C=O) groups excluding carboxylic acids is 2. The molecule has 0 aliphatic carbocycles. The van der Waals surface area contributed by atoms with Gasteiger partial charge in [0.1, 0.15) is 5.75 Å². The number of amides is 1. The van der Waals surface area contributed by atoms with Gasteiger partial charge >= 0.3 is 5.97 Å². The van der Waals surface area contributed by atoms with Crippen LogP contribution >= 0.6 is 15.9 Å². The summed E-state index contributed by atoms with van der Waals surface area (Å²) in [5.41, 5.74) is 2.70. The van der Waals surface area contributed by atoms with Crippen molar-refractivity contribution >= 4 is 33.5 Å². The average molecular weight is 392 g/mol. The molecule has 2 aromatic rings. The van der Waals surface area contributed by atoms with Crippen LogP contribution in [-0.4, -0.2) is 25.1 Å². The number of aryl methyl sites for hydroxylation is 2. The van der Waals surface area contributed by atoms with E-state index >= 15 is 0 Å². The highest BCUT2D eigenvalue weighted by Crippen LogP contribution is 2.25. The summed E-state index contributed by atoms with van der Waals surface area (Å²) in [6.07, 6.45) is 0. The zero-order chi connectivity index (χ0) is 17.5. The third kappa shape index (κ3) is 5.38. The number of esters is 1. The lowest BCUT2D eigenvalue weighted by Gasteiger charge is -2.10.